The SMILES string of the molecule is Cc1c2c(nn1CC#N)c(N1C[C@@H](C)N([C@H](C)c3ccc(F)cc3C(F)(F)F)C[C@@H]1C)nc(=O)n2C. The first-order valence-corrected chi connectivity index (χ1v) is 11.5. The lowest BCUT2D eigenvalue weighted by Crippen LogP contribution is -2.57. The molecular formula is C24H27F4N7O. The van der Waals surface area contributed by atoms with E-state index in [0.717, 1.165) is 6.07 Å². The third-order valence-electron chi connectivity index (χ3n) is 7.01. The van der Waals surface area contributed by atoms with Crippen molar-refractivity contribution in [1.82, 2.24) is 24.2 Å². The van der Waals surface area contributed by atoms with Gasteiger partial charge < -0.3 is 4.90 Å². The van der Waals surface area contributed by atoms with Gasteiger partial charge >= 0.3 is 11.9 Å². The van der Waals surface area contributed by atoms with Crippen LogP contribution < -0.4 is 10.6 Å². The van der Waals surface area contributed by atoms with Crippen molar-refractivity contribution in [3.8, 4) is 6.07 Å². The van der Waals surface area contributed by atoms with E-state index in [9.17, 15) is 22.4 Å². The summed E-state index contributed by atoms with van der Waals surface area (Å²) < 4.78 is 57.5. The van der Waals surface area contributed by atoms with Crippen LogP contribution in [0.5, 0.6) is 0 Å². The normalized spacial score (nSPS) is 20.1. The number of hydrogen-bond donors (Lipinski definition) is 0. The smallest absolute Gasteiger partial charge is 0.349 e. The van der Waals surface area contributed by atoms with Gasteiger partial charge in [0.05, 0.1) is 22.8 Å². The van der Waals surface area contributed by atoms with Crippen molar-refractivity contribution < 1.29 is 17.6 Å². The molecule has 1 fully saturated rings. The molecule has 1 aromatic carbocycles. The lowest BCUT2D eigenvalue weighted by Gasteiger charge is -2.47. The Morgan fingerprint density at radius 3 is 2.56 bits per heavy atom. The summed E-state index contributed by atoms with van der Waals surface area (Å²) in [4.78, 5) is 20.9. The van der Waals surface area contributed by atoms with E-state index in [1.54, 1.807) is 20.9 Å². The molecule has 3 atom stereocenters. The summed E-state index contributed by atoms with van der Waals surface area (Å²) in [6, 6.07) is 3.77. The zero-order valence-electron chi connectivity index (χ0n) is 20.6. The van der Waals surface area contributed by atoms with Crippen molar-refractivity contribution in [3.63, 3.8) is 0 Å². The molecule has 0 N–H and O–H groups in total. The van der Waals surface area contributed by atoms with E-state index in [1.807, 2.05) is 23.6 Å². The van der Waals surface area contributed by atoms with Crippen LogP contribution in [0.4, 0.5) is 23.4 Å². The Labute approximate surface area is 205 Å². The molecule has 2 aromatic heterocycles. The molecule has 0 unspecified atom stereocenters. The first-order chi connectivity index (χ1) is 16.8. The van der Waals surface area contributed by atoms with Crippen LogP contribution in [0.3, 0.4) is 0 Å². The molecule has 1 aliphatic heterocycles. The van der Waals surface area contributed by atoms with E-state index in [0.29, 0.717) is 41.7 Å². The van der Waals surface area contributed by atoms with Gasteiger partial charge in [-0.25, -0.2) is 9.18 Å². The van der Waals surface area contributed by atoms with Gasteiger partial charge in [-0.2, -0.15) is 28.5 Å². The fourth-order valence-electron chi connectivity index (χ4n) is 5.13. The van der Waals surface area contributed by atoms with Crippen LogP contribution in [0.25, 0.3) is 11.0 Å². The van der Waals surface area contributed by atoms with E-state index in [-0.39, 0.29) is 24.2 Å². The molecule has 0 radical (unpaired) electrons. The summed E-state index contributed by atoms with van der Waals surface area (Å²) in [5.41, 5.74) is 0.301. The third kappa shape index (κ3) is 4.32. The van der Waals surface area contributed by atoms with Crippen LogP contribution in [0, 0.1) is 24.1 Å². The van der Waals surface area contributed by atoms with Crippen LogP contribution in [0.15, 0.2) is 23.0 Å². The molecule has 8 nitrogen and oxygen atoms in total. The quantitative estimate of drug-likeness (QED) is 0.502. The largest absolute Gasteiger partial charge is 0.416 e. The van der Waals surface area contributed by atoms with Crippen LogP contribution in [-0.4, -0.2) is 49.4 Å². The Morgan fingerprint density at radius 1 is 1.22 bits per heavy atom. The van der Waals surface area contributed by atoms with E-state index in [4.69, 9.17) is 5.26 Å². The average Bonchev–Trinajstić information content (AvgIpc) is 3.13. The molecule has 12 heteroatoms. The van der Waals surface area contributed by atoms with Crippen molar-refractivity contribution in [3.05, 3.63) is 51.3 Å². The molecule has 36 heavy (non-hydrogen) atoms. The second-order valence-electron chi connectivity index (χ2n) is 9.33. The number of alkyl halides is 3. The summed E-state index contributed by atoms with van der Waals surface area (Å²) in [5, 5.41) is 13.7. The van der Waals surface area contributed by atoms with Crippen LogP contribution in [0.2, 0.25) is 0 Å². The number of hydrogen-bond acceptors (Lipinski definition) is 6. The molecule has 0 amide bonds. The molecule has 0 aliphatic carbocycles. The highest BCUT2D eigenvalue weighted by molar-refractivity contribution is 5.88. The highest BCUT2D eigenvalue weighted by Crippen LogP contribution is 2.39. The van der Waals surface area contributed by atoms with E-state index in [2.05, 4.69) is 16.2 Å². The maximum absolute atomic E-state index is 13.7. The van der Waals surface area contributed by atoms with Crippen molar-refractivity contribution >= 4 is 16.9 Å². The van der Waals surface area contributed by atoms with Gasteiger partial charge in [0.15, 0.2) is 11.3 Å². The third-order valence-corrected chi connectivity index (χ3v) is 7.01. The van der Waals surface area contributed by atoms with Gasteiger partial charge in [0, 0.05) is 38.3 Å². The molecule has 0 saturated carbocycles. The highest BCUT2D eigenvalue weighted by atomic mass is 19.4. The number of anilines is 1. The summed E-state index contributed by atoms with van der Waals surface area (Å²) in [6.07, 6.45) is -4.68. The summed E-state index contributed by atoms with van der Waals surface area (Å²) >= 11 is 0. The average molecular weight is 506 g/mol. The van der Waals surface area contributed by atoms with Crippen molar-refractivity contribution in [2.75, 3.05) is 18.0 Å². The Hall–Kier alpha value is -3.46. The number of aromatic nitrogens is 4. The number of rotatable bonds is 4. The maximum Gasteiger partial charge on any atom is 0.416 e. The Bertz CT molecular complexity index is 1400. The number of nitriles is 1. The molecule has 0 spiro atoms. The number of benzene rings is 1. The predicted molar refractivity (Wildman–Crippen MR) is 126 cm³/mol. The van der Waals surface area contributed by atoms with Gasteiger partial charge in [0.2, 0.25) is 0 Å². The first kappa shape index (κ1) is 25.6. The number of aryl methyl sites for hydroxylation is 2. The first-order valence-electron chi connectivity index (χ1n) is 11.5. The lowest BCUT2D eigenvalue weighted by molar-refractivity contribution is -0.139. The minimum absolute atomic E-state index is 0.0105. The number of halogens is 4. The van der Waals surface area contributed by atoms with Gasteiger partial charge in [-0.05, 0) is 45.4 Å². The zero-order valence-corrected chi connectivity index (χ0v) is 20.6. The van der Waals surface area contributed by atoms with Gasteiger partial charge in [-0.15, -0.1) is 0 Å². The minimum Gasteiger partial charge on any atom is -0.349 e. The second kappa shape index (κ2) is 9.20. The van der Waals surface area contributed by atoms with Gasteiger partial charge in [0.25, 0.3) is 0 Å². The molecule has 1 saturated heterocycles. The summed E-state index contributed by atoms with van der Waals surface area (Å²) in [6.45, 7) is 8.05. The lowest BCUT2D eigenvalue weighted by atomic mass is 9.96. The molecule has 4 rings (SSSR count). The Kier molecular flexibility index (Phi) is 6.55. The van der Waals surface area contributed by atoms with Crippen LogP contribution >= 0.6 is 0 Å². The zero-order chi connectivity index (χ0) is 26.5. The molecule has 3 aromatic rings. The monoisotopic (exact) mass is 505 g/mol. The van der Waals surface area contributed by atoms with Crippen LogP contribution in [-0.2, 0) is 19.8 Å². The molecular weight excluding hydrogens is 478 g/mol. The fourth-order valence-corrected chi connectivity index (χ4v) is 5.13. The van der Waals surface area contributed by atoms with Gasteiger partial charge in [-0.1, -0.05) is 6.07 Å². The van der Waals surface area contributed by atoms with Crippen LogP contribution in [0.1, 0.15) is 43.6 Å². The number of piperazine rings is 1. The van der Waals surface area contributed by atoms with Gasteiger partial charge in [0.1, 0.15) is 12.4 Å². The number of fused-ring (bicyclic) bond motifs is 1. The Morgan fingerprint density at radius 2 is 1.92 bits per heavy atom. The fraction of sp³-hybridized carbons (Fsp3) is 0.500. The van der Waals surface area contributed by atoms with E-state index in [1.165, 1.54) is 15.3 Å². The highest BCUT2D eigenvalue weighted by Gasteiger charge is 2.39. The standard InChI is InChI=1S/C24H27F4N7O/c1-13-12-34(22-20-21(32(5)23(36)30-22)16(4)35(31-20)9-8-29)14(2)11-33(13)15(3)18-7-6-17(25)10-19(18)24(26,27)28/h6-7,10,13-15H,9,11-12H2,1-5H3/t13-,14+,15-/m1/s1. The Balaban J connectivity index is 1.71. The molecule has 192 valence electrons. The van der Waals surface area contributed by atoms with E-state index < -0.39 is 29.3 Å². The summed E-state index contributed by atoms with van der Waals surface area (Å²) in [5.74, 6) is -0.548. The van der Waals surface area contributed by atoms with E-state index >= 15 is 0 Å². The molecule has 0 bridgehead atoms. The van der Waals surface area contributed by atoms with Crippen molar-refractivity contribution in [2.45, 2.75) is 58.5 Å². The van der Waals surface area contributed by atoms with Gasteiger partial charge in [-0.3, -0.25) is 14.1 Å². The minimum atomic E-state index is -4.68. The maximum atomic E-state index is 13.7. The second-order valence-corrected chi connectivity index (χ2v) is 9.33. The van der Waals surface area contributed by atoms with Crippen molar-refractivity contribution in [1.29, 1.82) is 5.26 Å². The molecule has 3 heterocycles. The number of nitrogens with zero attached hydrogens (tertiary/aromatic N) is 7. The molecule has 1 aliphatic rings. The predicted octanol–water partition coefficient (Wildman–Crippen LogP) is 3.78. The summed E-state index contributed by atoms with van der Waals surface area (Å²) in [7, 11) is 1.60. The topological polar surface area (TPSA) is 83.0 Å². The van der Waals surface area contributed by atoms with Crippen molar-refractivity contribution in [2.24, 2.45) is 7.05 Å².